The van der Waals surface area contributed by atoms with Gasteiger partial charge in [0.2, 0.25) is 0 Å². The third-order valence-corrected chi connectivity index (χ3v) is 2.48. The lowest BCUT2D eigenvalue weighted by Crippen LogP contribution is -2.33. The van der Waals surface area contributed by atoms with Crippen LogP contribution in [0.25, 0.3) is 0 Å². The van der Waals surface area contributed by atoms with Crippen LogP contribution in [0.1, 0.15) is 32.1 Å². The van der Waals surface area contributed by atoms with Crippen molar-refractivity contribution in [3.63, 3.8) is 0 Å². The van der Waals surface area contributed by atoms with Gasteiger partial charge in [-0.25, -0.2) is 0 Å². The minimum Gasteiger partial charge on any atom is -0.313 e. The maximum Gasteiger partial charge on any atom is 0.0909 e. The summed E-state index contributed by atoms with van der Waals surface area (Å²) < 4.78 is 0. The zero-order valence-electron chi connectivity index (χ0n) is 7.82. The van der Waals surface area contributed by atoms with E-state index in [4.69, 9.17) is 5.26 Å². The molecule has 1 fully saturated rings. The number of rotatable bonds is 3. The minimum atomic E-state index is 0.303. The van der Waals surface area contributed by atoms with Gasteiger partial charge in [0.15, 0.2) is 0 Å². The predicted molar refractivity (Wildman–Crippen MR) is 50.1 cm³/mol. The number of nitrogens with zero attached hydrogens (tertiary/aromatic N) is 2. The predicted octanol–water partition coefficient (Wildman–Crippen LogP) is 2.09. The Bertz CT molecular complexity index is 201. The molecule has 0 aromatic heterocycles. The van der Waals surface area contributed by atoms with Crippen LogP contribution in [0.15, 0.2) is 12.2 Å². The first-order valence-corrected chi connectivity index (χ1v) is 4.84. The summed E-state index contributed by atoms with van der Waals surface area (Å²) in [5, 5.41) is 19.2. The van der Waals surface area contributed by atoms with Crippen LogP contribution in [-0.2, 0) is 0 Å². The van der Waals surface area contributed by atoms with Gasteiger partial charge in [0.1, 0.15) is 0 Å². The van der Waals surface area contributed by atoms with Crippen LogP contribution < -0.4 is 0 Å². The molecule has 1 aliphatic rings. The average Bonchev–Trinajstić information content (AvgIpc) is 2.19. The molecule has 13 heavy (non-hydrogen) atoms. The van der Waals surface area contributed by atoms with Gasteiger partial charge in [-0.05, 0) is 12.8 Å². The fourth-order valence-electron chi connectivity index (χ4n) is 1.74. The summed E-state index contributed by atoms with van der Waals surface area (Å²) in [6, 6.07) is 2.21. The van der Waals surface area contributed by atoms with Crippen LogP contribution in [0, 0.1) is 11.3 Å². The molecule has 1 saturated carbocycles. The molecule has 0 heterocycles. The van der Waals surface area contributed by atoms with Crippen LogP contribution in [0.5, 0.6) is 0 Å². The van der Waals surface area contributed by atoms with Gasteiger partial charge in [0, 0.05) is 18.7 Å². The molecule has 0 amide bonds. The Morgan fingerprint density at radius 1 is 1.38 bits per heavy atom. The van der Waals surface area contributed by atoms with Crippen molar-refractivity contribution in [3.8, 4) is 6.07 Å². The third kappa shape index (κ3) is 3.58. The molecule has 0 spiro atoms. The average molecular weight is 180 g/mol. The van der Waals surface area contributed by atoms with Crippen LogP contribution in [0.2, 0.25) is 0 Å². The number of hydrogen-bond acceptors (Lipinski definition) is 3. The molecule has 0 aromatic carbocycles. The van der Waals surface area contributed by atoms with Crippen molar-refractivity contribution in [2.24, 2.45) is 0 Å². The standard InChI is InChI=1S/C10H16N2O/c11-8-4-5-9-12(13)10-6-2-1-3-7-10/h4-5,10,13H,1-3,6-7,9H2/b5-4+. The van der Waals surface area contributed by atoms with E-state index in [-0.39, 0.29) is 0 Å². The van der Waals surface area contributed by atoms with Crippen LogP contribution in [-0.4, -0.2) is 22.9 Å². The fraction of sp³-hybridized carbons (Fsp3) is 0.700. The summed E-state index contributed by atoms with van der Waals surface area (Å²) in [6.07, 6.45) is 8.97. The van der Waals surface area contributed by atoms with Gasteiger partial charge in [0.25, 0.3) is 0 Å². The highest BCUT2D eigenvalue weighted by Crippen LogP contribution is 2.21. The van der Waals surface area contributed by atoms with Gasteiger partial charge in [0.05, 0.1) is 6.07 Å². The Morgan fingerprint density at radius 3 is 2.69 bits per heavy atom. The summed E-state index contributed by atoms with van der Waals surface area (Å²) in [5.74, 6) is 0. The quantitative estimate of drug-likeness (QED) is 0.534. The third-order valence-electron chi connectivity index (χ3n) is 2.48. The largest absolute Gasteiger partial charge is 0.313 e. The highest BCUT2D eigenvalue weighted by molar-refractivity contribution is 5.02. The van der Waals surface area contributed by atoms with E-state index in [0.717, 1.165) is 12.8 Å². The van der Waals surface area contributed by atoms with Crippen molar-refractivity contribution < 1.29 is 5.21 Å². The monoisotopic (exact) mass is 180 g/mol. The topological polar surface area (TPSA) is 47.3 Å². The Hall–Kier alpha value is -0.850. The molecule has 0 unspecified atom stereocenters. The molecule has 0 radical (unpaired) electrons. The van der Waals surface area contributed by atoms with Gasteiger partial charge in [-0.3, -0.25) is 0 Å². The number of hydroxylamine groups is 2. The van der Waals surface area contributed by atoms with E-state index >= 15 is 0 Å². The first kappa shape index (κ1) is 10.2. The van der Waals surface area contributed by atoms with E-state index in [1.54, 1.807) is 6.08 Å². The Balaban J connectivity index is 2.25. The summed E-state index contributed by atoms with van der Waals surface area (Å²) >= 11 is 0. The molecule has 3 heteroatoms. The lowest BCUT2D eigenvalue weighted by Gasteiger charge is -2.28. The molecule has 0 saturated heterocycles. The Labute approximate surface area is 79.2 Å². The lowest BCUT2D eigenvalue weighted by atomic mass is 9.95. The van der Waals surface area contributed by atoms with E-state index in [0.29, 0.717) is 12.6 Å². The molecule has 0 bridgehead atoms. The van der Waals surface area contributed by atoms with Crippen molar-refractivity contribution in [1.82, 2.24) is 5.06 Å². The summed E-state index contributed by atoms with van der Waals surface area (Å²) in [4.78, 5) is 0. The van der Waals surface area contributed by atoms with Crippen molar-refractivity contribution in [1.29, 1.82) is 5.26 Å². The summed E-state index contributed by atoms with van der Waals surface area (Å²) in [7, 11) is 0. The molecule has 0 atom stereocenters. The highest BCUT2D eigenvalue weighted by Gasteiger charge is 2.18. The van der Waals surface area contributed by atoms with Gasteiger partial charge < -0.3 is 5.21 Å². The molecular weight excluding hydrogens is 164 g/mol. The molecular formula is C10H16N2O. The molecule has 0 aliphatic heterocycles. The van der Waals surface area contributed by atoms with E-state index in [2.05, 4.69) is 0 Å². The molecule has 3 nitrogen and oxygen atoms in total. The normalized spacial score (nSPS) is 19.5. The minimum absolute atomic E-state index is 0.303. The second-order valence-electron chi connectivity index (χ2n) is 3.45. The van der Waals surface area contributed by atoms with Crippen LogP contribution >= 0.6 is 0 Å². The smallest absolute Gasteiger partial charge is 0.0909 e. The van der Waals surface area contributed by atoms with Crippen molar-refractivity contribution in [2.75, 3.05) is 6.54 Å². The van der Waals surface area contributed by atoms with E-state index in [9.17, 15) is 5.21 Å². The number of nitriles is 1. The van der Waals surface area contributed by atoms with Crippen LogP contribution in [0.4, 0.5) is 0 Å². The molecule has 1 aliphatic carbocycles. The zero-order valence-corrected chi connectivity index (χ0v) is 7.82. The second kappa shape index (κ2) is 5.74. The highest BCUT2D eigenvalue weighted by atomic mass is 16.5. The van der Waals surface area contributed by atoms with E-state index in [1.807, 2.05) is 6.07 Å². The molecule has 72 valence electrons. The van der Waals surface area contributed by atoms with Gasteiger partial charge >= 0.3 is 0 Å². The van der Waals surface area contributed by atoms with E-state index < -0.39 is 0 Å². The molecule has 1 rings (SSSR count). The molecule has 0 aromatic rings. The SMILES string of the molecule is N#C/C=C/CN(O)C1CCCCC1. The first-order chi connectivity index (χ1) is 6.34. The van der Waals surface area contributed by atoms with Crippen molar-refractivity contribution in [3.05, 3.63) is 12.2 Å². The zero-order chi connectivity index (χ0) is 9.52. The van der Waals surface area contributed by atoms with Crippen molar-refractivity contribution >= 4 is 0 Å². The molecule has 1 N–H and O–H groups in total. The lowest BCUT2D eigenvalue weighted by molar-refractivity contribution is -0.125. The van der Waals surface area contributed by atoms with Crippen LogP contribution in [0.3, 0.4) is 0 Å². The maximum absolute atomic E-state index is 9.57. The number of allylic oxidation sites excluding steroid dienone is 1. The second-order valence-corrected chi connectivity index (χ2v) is 3.45. The van der Waals surface area contributed by atoms with Gasteiger partial charge in [-0.1, -0.05) is 25.3 Å². The summed E-state index contributed by atoms with van der Waals surface area (Å²) in [6.45, 7) is 0.470. The first-order valence-electron chi connectivity index (χ1n) is 4.84. The maximum atomic E-state index is 9.57. The fourth-order valence-corrected chi connectivity index (χ4v) is 1.74. The number of hydrogen-bond donors (Lipinski definition) is 1. The Morgan fingerprint density at radius 2 is 2.08 bits per heavy atom. The van der Waals surface area contributed by atoms with Gasteiger partial charge in [-0.15, -0.1) is 0 Å². The Kier molecular flexibility index (Phi) is 4.52. The van der Waals surface area contributed by atoms with Gasteiger partial charge in [-0.2, -0.15) is 10.3 Å². The summed E-state index contributed by atoms with van der Waals surface area (Å²) in [5.41, 5.74) is 0. The van der Waals surface area contributed by atoms with Crippen molar-refractivity contribution in [2.45, 2.75) is 38.1 Å². The van der Waals surface area contributed by atoms with E-state index in [1.165, 1.54) is 30.4 Å².